The van der Waals surface area contributed by atoms with Crippen molar-refractivity contribution >= 4 is 5.52 Å². The Morgan fingerprint density at radius 3 is 2.85 bits per heavy atom. The normalized spacial score (nSPS) is 15.6. The van der Waals surface area contributed by atoms with Gasteiger partial charge in [0.15, 0.2) is 0 Å². The summed E-state index contributed by atoms with van der Waals surface area (Å²) in [4.78, 5) is 17.6. The standard InChI is InChI=1S/C20H22FN3O2/c1-2-17-13-24-18(11-22-19(24)15-6-8-26-9-7-15)20(25)23(17)12-14-4-3-5-16(21)10-14/h3-5,10-11,13,15H,2,6-9,12H2,1H3. The van der Waals surface area contributed by atoms with E-state index in [1.807, 2.05) is 23.6 Å². The third-order valence-electron chi connectivity index (χ3n) is 5.09. The number of hydrogen-bond donors (Lipinski definition) is 0. The molecule has 1 aliphatic rings. The lowest BCUT2D eigenvalue weighted by atomic mass is 9.99. The maximum Gasteiger partial charge on any atom is 0.277 e. The minimum atomic E-state index is -0.291. The van der Waals surface area contributed by atoms with Gasteiger partial charge in [0, 0.05) is 31.0 Å². The summed E-state index contributed by atoms with van der Waals surface area (Å²) in [6.45, 7) is 3.84. The van der Waals surface area contributed by atoms with E-state index < -0.39 is 0 Å². The van der Waals surface area contributed by atoms with E-state index in [2.05, 4.69) is 4.98 Å². The van der Waals surface area contributed by atoms with Crippen molar-refractivity contribution in [1.82, 2.24) is 14.0 Å². The Labute approximate surface area is 151 Å². The van der Waals surface area contributed by atoms with E-state index in [1.54, 1.807) is 16.8 Å². The maximum atomic E-state index is 13.5. The number of hydrogen-bond acceptors (Lipinski definition) is 3. The summed E-state index contributed by atoms with van der Waals surface area (Å²) in [6.07, 6.45) is 6.23. The highest BCUT2D eigenvalue weighted by atomic mass is 19.1. The second kappa shape index (κ2) is 7.03. The van der Waals surface area contributed by atoms with E-state index in [0.29, 0.717) is 24.4 Å². The molecule has 4 rings (SSSR count). The quantitative estimate of drug-likeness (QED) is 0.722. The summed E-state index contributed by atoms with van der Waals surface area (Å²) in [5.41, 5.74) is 2.17. The van der Waals surface area contributed by atoms with Crippen molar-refractivity contribution in [1.29, 1.82) is 0 Å². The van der Waals surface area contributed by atoms with Crippen LogP contribution in [0.15, 0.2) is 41.5 Å². The van der Waals surface area contributed by atoms with Gasteiger partial charge in [0.1, 0.15) is 17.2 Å². The maximum absolute atomic E-state index is 13.5. The summed E-state index contributed by atoms with van der Waals surface area (Å²) in [5, 5.41) is 0. The van der Waals surface area contributed by atoms with Gasteiger partial charge in [0.25, 0.3) is 5.56 Å². The molecule has 26 heavy (non-hydrogen) atoms. The lowest BCUT2D eigenvalue weighted by Gasteiger charge is -2.21. The minimum absolute atomic E-state index is 0.0839. The van der Waals surface area contributed by atoms with Crippen LogP contribution in [-0.4, -0.2) is 27.2 Å². The van der Waals surface area contributed by atoms with Crippen LogP contribution in [0.4, 0.5) is 4.39 Å². The number of rotatable bonds is 4. The van der Waals surface area contributed by atoms with Crippen molar-refractivity contribution in [2.24, 2.45) is 0 Å². The second-order valence-electron chi connectivity index (χ2n) is 6.75. The molecular weight excluding hydrogens is 333 g/mol. The molecule has 0 radical (unpaired) electrons. The van der Waals surface area contributed by atoms with Crippen LogP contribution in [0.5, 0.6) is 0 Å². The molecule has 0 N–H and O–H groups in total. The number of imidazole rings is 1. The van der Waals surface area contributed by atoms with E-state index in [1.165, 1.54) is 12.1 Å². The molecular formula is C20H22FN3O2. The van der Waals surface area contributed by atoms with Crippen LogP contribution >= 0.6 is 0 Å². The Balaban J connectivity index is 1.79. The average Bonchev–Trinajstić information content (AvgIpc) is 3.09. The Morgan fingerprint density at radius 1 is 1.31 bits per heavy atom. The molecule has 0 amide bonds. The fourth-order valence-electron chi connectivity index (χ4n) is 3.69. The van der Waals surface area contributed by atoms with E-state index >= 15 is 0 Å². The monoisotopic (exact) mass is 355 g/mol. The molecule has 3 aromatic rings. The van der Waals surface area contributed by atoms with Crippen molar-refractivity contribution in [2.45, 2.75) is 38.6 Å². The first-order chi connectivity index (χ1) is 12.7. The molecule has 0 unspecified atom stereocenters. The third-order valence-corrected chi connectivity index (χ3v) is 5.09. The van der Waals surface area contributed by atoms with Crippen LogP contribution in [0, 0.1) is 5.82 Å². The fraction of sp³-hybridized carbons (Fsp3) is 0.400. The first-order valence-electron chi connectivity index (χ1n) is 9.09. The Morgan fingerprint density at radius 2 is 2.12 bits per heavy atom. The summed E-state index contributed by atoms with van der Waals surface area (Å²) in [6, 6.07) is 6.39. The number of nitrogens with zero attached hydrogens (tertiary/aromatic N) is 3. The lowest BCUT2D eigenvalue weighted by molar-refractivity contribution is 0.0835. The molecule has 1 aromatic carbocycles. The molecule has 0 saturated carbocycles. The lowest BCUT2D eigenvalue weighted by Crippen LogP contribution is -2.26. The summed E-state index contributed by atoms with van der Waals surface area (Å²) < 4.78 is 22.6. The average molecular weight is 355 g/mol. The van der Waals surface area contributed by atoms with Gasteiger partial charge in [-0.3, -0.25) is 9.20 Å². The molecule has 0 spiro atoms. The Hall–Kier alpha value is -2.47. The first kappa shape index (κ1) is 17.0. The SMILES string of the molecule is CCc1cn2c(C3CCOCC3)ncc2c(=O)n1Cc1cccc(F)c1. The van der Waals surface area contributed by atoms with Crippen molar-refractivity contribution < 1.29 is 9.13 Å². The number of aromatic nitrogens is 3. The summed E-state index contributed by atoms with van der Waals surface area (Å²) in [5.74, 6) is 0.961. The number of aryl methyl sites for hydroxylation is 1. The smallest absolute Gasteiger partial charge is 0.277 e. The topological polar surface area (TPSA) is 48.5 Å². The molecule has 1 fully saturated rings. The zero-order valence-electron chi connectivity index (χ0n) is 14.8. The van der Waals surface area contributed by atoms with Gasteiger partial charge < -0.3 is 9.30 Å². The van der Waals surface area contributed by atoms with Gasteiger partial charge >= 0.3 is 0 Å². The molecule has 2 aromatic heterocycles. The minimum Gasteiger partial charge on any atom is -0.381 e. The molecule has 136 valence electrons. The van der Waals surface area contributed by atoms with Gasteiger partial charge in [0.2, 0.25) is 0 Å². The van der Waals surface area contributed by atoms with E-state index in [0.717, 1.165) is 43.1 Å². The molecule has 0 atom stereocenters. The number of ether oxygens (including phenoxy) is 1. The zero-order valence-corrected chi connectivity index (χ0v) is 14.8. The second-order valence-corrected chi connectivity index (χ2v) is 6.75. The number of fused-ring (bicyclic) bond motifs is 1. The van der Waals surface area contributed by atoms with Crippen LogP contribution in [0.3, 0.4) is 0 Å². The Kier molecular flexibility index (Phi) is 4.59. The summed E-state index contributed by atoms with van der Waals surface area (Å²) >= 11 is 0. The van der Waals surface area contributed by atoms with Crippen LogP contribution < -0.4 is 5.56 Å². The highest BCUT2D eigenvalue weighted by molar-refractivity contribution is 5.45. The number of benzene rings is 1. The van der Waals surface area contributed by atoms with E-state index in [4.69, 9.17) is 4.74 Å². The highest BCUT2D eigenvalue weighted by Gasteiger charge is 2.22. The predicted octanol–water partition coefficient (Wildman–Crippen LogP) is 3.14. The predicted molar refractivity (Wildman–Crippen MR) is 97.1 cm³/mol. The highest BCUT2D eigenvalue weighted by Crippen LogP contribution is 2.26. The van der Waals surface area contributed by atoms with Crippen LogP contribution in [0.25, 0.3) is 5.52 Å². The van der Waals surface area contributed by atoms with Gasteiger partial charge in [-0.05, 0) is 37.0 Å². The third kappa shape index (κ3) is 3.05. The van der Waals surface area contributed by atoms with Gasteiger partial charge in [0.05, 0.1) is 12.7 Å². The van der Waals surface area contributed by atoms with Gasteiger partial charge in [-0.25, -0.2) is 9.37 Å². The molecule has 6 heteroatoms. The van der Waals surface area contributed by atoms with Crippen LogP contribution in [-0.2, 0) is 17.7 Å². The van der Waals surface area contributed by atoms with Gasteiger partial charge in [-0.1, -0.05) is 19.1 Å². The van der Waals surface area contributed by atoms with E-state index in [-0.39, 0.29) is 11.4 Å². The molecule has 0 aliphatic carbocycles. The first-order valence-corrected chi connectivity index (χ1v) is 9.09. The van der Waals surface area contributed by atoms with E-state index in [9.17, 15) is 9.18 Å². The fourth-order valence-corrected chi connectivity index (χ4v) is 3.69. The Bertz CT molecular complexity index is 986. The van der Waals surface area contributed by atoms with Crippen molar-refractivity contribution in [2.75, 3.05) is 13.2 Å². The molecule has 1 saturated heterocycles. The van der Waals surface area contributed by atoms with Crippen LogP contribution in [0.1, 0.15) is 42.8 Å². The molecule has 5 nitrogen and oxygen atoms in total. The number of halogens is 1. The zero-order chi connectivity index (χ0) is 18.1. The van der Waals surface area contributed by atoms with Crippen molar-refractivity contribution in [3.8, 4) is 0 Å². The molecule has 3 heterocycles. The molecule has 1 aliphatic heterocycles. The van der Waals surface area contributed by atoms with Crippen molar-refractivity contribution in [3.63, 3.8) is 0 Å². The van der Waals surface area contributed by atoms with Gasteiger partial charge in [-0.2, -0.15) is 0 Å². The summed E-state index contributed by atoms with van der Waals surface area (Å²) in [7, 11) is 0. The van der Waals surface area contributed by atoms with Gasteiger partial charge in [-0.15, -0.1) is 0 Å². The molecule has 0 bridgehead atoms. The van der Waals surface area contributed by atoms with Crippen molar-refractivity contribution in [3.05, 3.63) is 69.9 Å². The van der Waals surface area contributed by atoms with Crippen LogP contribution in [0.2, 0.25) is 0 Å². The largest absolute Gasteiger partial charge is 0.381 e.